The third-order valence-corrected chi connectivity index (χ3v) is 7.10. The fourth-order valence-corrected chi connectivity index (χ4v) is 4.80. The average molecular weight is 518 g/mol. The van der Waals surface area contributed by atoms with Crippen molar-refractivity contribution < 1.29 is 13.9 Å². The molecule has 1 aliphatic heterocycles. The number of nitrogens with zero attached hydrogens (tertiary/aromatic N) is 1. The summed E-state index contributed by atoms with van der Waals surface area (Å²) in [5.41, 5.74) is 4.70. The predicted molar refractivity (Wildman–Crippen MR) is 136 cm³/mol. The molecule has 172 valence electrons. The fraction of sp³-hybridized carbons (Fsp3) is 0.214. The maximum absolute atomic E-state index is 13.7. The zero-order valence-electron chi connectivity index (χ0n) is 19.2. The normalized spacial score (nSPS) is 15.1. The molecule has 0 aliphatic carbocycles. The van der Waals surface area contributed by atoms with E-state index in [1.807, 2.05) is 74.5 Å². The van der Waals surface area contributed by atoms with Gasteiger partial charge in [0, 0.05) is 11.0 Å². The monoisotopic (exact) mass is 517 g/mol. The Kier molecular flexibility index (Phi) is 5.78. The minimum Gasteiger partial charge on any atom is -0.497 e. The number of hydrogen-bond acceptors (Lipinski definition) is 4. The molecule has 1 aliphatic rings. The molecule has 5 nitrogen and oxygen atoms in total. The second kappa shape index (κ2) is 8.76. The van der Waals surface area contributed by atoms with E-state index >= 15 is 0 Å². The van der Waals surface area contributed by atoms with Gasteiger partial charge in [0.1, 0.15) is 11.3 Å². The fourth-order valence-electron chi connectivity index (χ4n) is 4.54. The Hall–Kier alpha value is -3.38. The Morgan fingerprint density at radius 1 is 0.971 bits per heavy atom. The minimum absolute atomic E-state index is 0.142. The highest BCUT2D eigenvalue weighted by Gasteiger charge is 2.42. The lowest BCUT2D eigenvalue weighted by Gasteiger charge is -2.25. The van der Waals surface area contributed by atoms with Crippen molar-refractivity contribution >= 4 is 32.8 Å². The Bertz CT molecular complexity index is 1460. The van der Waals surface area contributed by atoms with Gasteiger partial charge in [0.25, 0.3) is 5.91 Å². The minimum atomic E-state index is -0.504. The number of ether oxygens (including phenoxy) is 1. The number of hydrogen-bond donors (Lipinski definition) is 0. The number of halogens is 1. The maximum Gasteiger partial charge on any atom is 0.290 e. The van der Waals surface area contributed by atoms with Gasteiger partial charge in [-0.1, -0.05) is 40.2 Å². The Balaban J connectivity index is 1.61. The summed E-state index contributed by atoms with van der Waals surface area (Å²) in [5, 5.41) is 0.508. The highest BCUT2D eigenvalue weighted by Crippen LogP contribution is 2.38. The van der Waals surface area contributed by atoms with E-state index in [4.69, 9.17) is 9.15 Å². The number of carbonyl (C=O) groups excluding carboxylic acids is 1. The molecule has 0 N–H and O–H groups in total. The summed E-state index contributed by atoms with van der Waals surface area (Å²) in [4.78, 5) is 29.0. The van der Waals surface area contributed by atoms with E-state index in [0.29, 0.717) is 29.5 Å². The molecule has 0 saturated carbocycles. The first-order valence-corrected chi connectivity index (χ1v) is 11.9. The van der Waals surface area contributed by atoms with Gasteiger partial charge in [-0.15, -0.1) is 0 Å². The SMILES string of the molecule is COc1ccc(CCN2C(=O)c3oc4cc(C)c(C)cc4c(=O)c3C2c2ccc(Br)cc2)cc1. The number of benzene rings is 3. The van der Waals surface area contributed by atoms with Gasteiger partial charge in [0.15, 0.2) is 5.43 Å². The van der Waals surface area contributed by atoms with Crippen LogP contribution in [0, 0.1) is 13.8 Å². The first-order valence-electron chi connectivity index (χ1n) is 11.1. The highest BCUT2D eigenvalue weighted by molar-refractivity contribution is 9.10. The predicted octanol–water partition coefficient (Wildman–Crippen LogP) is 5.97. The van der Waals surface area contributed by atoms with E-state index < -0.39 is 6.04 Å². The molecule has 4 aromatic rings. The molecule has 0 saturated heterocycles. The van der Waals surface area contributed by atoms with Crippen LogP contribution in [0.4, 0.5) is 0 Å². The summed E-state index contributed by atoms with van der Waals surface area (Å²) in [6, 6.07) is 18.7. The van der Waals surface area contributed by atoms with Crippen LogP contribution in [0.1, 0.15) is 44.4 Å². The first-order chi connectivity index (χ1) is 16.4. The second-order valence-electron chi connectivity index (χ2n) is 8.66. The van der Waals surface area contributed by atoms with Crippen molar-refractivity contribution in [3.05, 3.63) is 109 Å². The van der Waals surface area contributed by atoms with Gasteiger partial charge >= 0.3 is 0 Å². The summed E-state index contributed by atoms with van der Waals surface area (Å²) >= 11 is 3.48. The number of aryl methyl sites for hydroxylation is 2. The van der Waals surface area contributed by atoms with Gasteiger partial charge in [-0.2, -0.15) is 0 Å². The van der Waals surface area contributed by atoms with E-state index in [-0.39, 0.29) is 17.1 Å². The Morgan fingerprint density at radius 2 is 1.65 bits per heavy atom. The van der Waals surface area contributed by atoms with E-state index in [9.17, 15) is 9.59 Å². The molecule has 34 heavy (non-hydrogen) atoms. The Morgan fingerprint density at radius 3 is 2.32 bits per heavy atom. The molecule has 3 aromatic carbocycles. The number of amides is 1. The van der Waals surface area contributed by atoms with Crippen molar-refractivity contribution in [2.24, 2.45) is 0 Å². The lowest BCUT2D eigenvalue weighted by molar-refractivity contribution is 0.0730. The summed E-state index contributed by atoms with van der Waals surface area (Å²) < 4.78 is 12.3. The van der Waals surface area contributed by atoms with E-state index in [1.54, 1.807) is 12.0 Å². The second-order valence-corrected chi connectivity index (χ2v) is 9.57. The molecule has 2 heterocycles. The van der Waals surface area contributed by atoms with E-state index in [1.165, 1.54) is 0 Å². The van der Waals surface area contributed by atoms with Gasteiger partial charge in [0.2, 0.25) is 5.76 Å². The van der Waals surface area contributed by atoms with E-state index in [2.05, 4.69) is 15.9 Å². The van der Waals surface area contributed by atoms with Crippen LogP contribution < -0.4 is 10.2 Å². The molecule has 1 aromatic heterocycles. The van der Waals surface area contributed by atoms with Gasteiger partial charge in [-0.25, -0.2) is 0 Å². The van der Waals surface area contributed by atoms with Crippen molar-refractivity contribution in [1.82, 2.24) is 4.90 Å². The smallest absolute Gasteiger partial charge is 0.290 e. The molecular weight excluding hydrogens is 494 g/mol. The van der Waals surface area contributed by atoms with Crippen LogP contribution >= 0.6 is 15.9 Å². The van der Waals surface area contributed by atoms with Gasteiger partial charge in [-0.05, 0) is 78.9 Å². The van der Waals surface area contributed by atoms with Gasteiger partial charge < -0.3 is 14.1 Å². The molecule has 0 spiro atoms. The quantitative estimate of drug-likeness (QED) is 0.327. The molecule has 1 atom stereocenters. The zero-order valence-corrected chi connectivity index (χ0v) is 20.8. The molecular formula is C28H24BrNO4. The first kappa shape index (κ1) is 22.4. The molecule has 1 amide bonds. The third-order valence-electron chi connectivity index (χ3n) is 6.57. The molecule has 0 fully saturated rings. The van der Waals surface area contributed by atoms with Crippen LogP contribution in [0.25, 0.3) is 11.0 Å². The zero-order chi connectivity index (χ0) is 24.0. The number of carbonyl (C=O) groups is 1. The van der Waals surface area contributed by atoms with Crippen LogP contribution in [0.2, 0.25) is 0 Å². The van der Waals surface area contributed by atoms with E-state index in [0.717, 1.165) is 32.5 Å². The van der Waals surface area contributed by atoms with Crippen LogP contribution in [0.5, 0.6) is 5.75 Å². The summed E-state index contributed by atoms with van der Waals surface area (Å²) in [7, 11) is 1.63. The van der Waals surface area contributed by atoms with Gasteiger partial charge in [0.05, 0.1) is 24.1 Å². The molecule has 1 unspecified atom stereocenters. The number of rotatable bonds is 5. The molecule has 5 rings (SSSR count). The third kappa shape index (κ3) is 3.82. The summed E-state index contributed by atoms with van der Waals surface area (Å²) in [6.07, 6.45) is 0.642. The van der Waals surface area contributed by atoms with Crippen molar-refractivity contribution in [3.63, 3.8) is 0 Å². The van der Waals surface area contributed by atoms with Crippen molar-refractivity contribution in [3.8, 4) is 5.75 Å². The van der Waals surface area contributed by atoms with Crippen LogP contribution in [-0.4, -0.2) is 24.5 Å². The lowest BCUT2D eigenvalue weighted by atomic mass is 9.97. The van der Waals surface area contributed by atoms with Crippen LogP contribution in [0.3, 0.4) is 0 Å². The summed E-state index contributed by atoms with van der Waals surface area (Å²) in [5.74, 6) is 0.672. The van der Waals surface area contributed by atoms with Crippen LogP contribution in [0.15, 0.2) is 74.3 Å². The van der Waals surface area contributed by atoms with Crippen molar-refractivity contribution in [1.29, 1.82) is 0 Å². The average Bonchev–Trinajstić information content (AvgIpc) is 3.11. The topological polar surface area (TPSA) is 59.8 Å². The molecule has 0 bridgehead atoms. The van der Waals surface area contributed by atoms with Crippen molar-refractivity contribution in [2.45, 2.75) is 26.3 Å². The highest BCUT2D eigenvalue weighted by atomic mass is 79.9. The van der Waals surface area contributed by atoms with Crippen LogP contribution in [-0.2, 0) is 6.42 Å². The molecule has 6 heteroatoms. The van der Waals surface area contributed by atoms with Crippen molar-refractivity contribution in [2.75, 3.05) is 13.7 Å². The number of methoxy groups -OCH3 is 1. The summed E-state index contributed by atoms with van der Waals surface area (Å²) in [6.45, 7) is 4.39. The standard InChI is InChI=1S/C28H24BrNO4/c1-16-14-22-23(15-17(16)2)34-27-24(26(22)31)25(19-6-8-20(29)9-7-19)30(28(27)32)13-12-18-4-10-21(33-3)11-5-18/h4-11,14-15,25H,12-13H2,1-3H3. The maximum atomic E-state index is 13.7. The number of fused-ring (bicyclic) bond motifs is 2. The molecule has 0 radical (unpaired) electrons. The van der Waals surface area contributed by atoms with Gasteiger partial charge in [-0.3, -0.25) is 9.59 Å². The largest absolute Gasteiger partial charge is 0.497 e. The Labute approximate surface area is 206 Å². The lowest BCUT2D eigenvalue weighted by Crippen LogP contribution is -2.31.